The van der Waals surface area contributed by atoms with E-state index in [4.69, 9.17) is 15.2 Å². The molecule has 0 aliphatic carbocycles. The van der Waals surface area contributed by atoms with Gasteiger partial charge in [-0.3, -0.25) is 0 Å². The maximum Gasteiger partial charge on any atom is 0.310 e. The van der Waals surface area contributed by atoms with Crippen molar-refractivity contribution in [3.63, 3.8) is 0 Å². The van der Waals surface area contributed by atoms with E-state index in [1.165, 1.54) is 0 Å². The van der Waals surface area contributed by atoms with Crippen LogP contribution in [0.15, 0.2) is 0 Å². The summed E-state index contributed by atoms with van der Waals surface area (Å²) in [7, 11) is -2.71. The predicted octanol–water partition coefficient (Wildman–Crippen LogP) is 2.40. The zero-order valence-corrected chi connectivity index (χ0v) is 11.4. The Balaban J connectivity index is 4.14. The van der Waals surface area contributed by atoms with Gasteiger partial charge in [0, 0.05) is 0 Å². The van der Waals surface area contributed by atoms with Gasteiger partial charge in [0.05, 0.1) is 0 Å². The van der Waals surface area contributed by atoms with Gasteiger partial charge in [0.1, 0.15) is 0 Å². The molecule has 0 amide bonds. The van der Waals surface area contributed by atoms with Crippen molar-refractivity contribution in [1.82, 2.24) is 4.57 Å². The molecule has 0 aliphatic rings. The lowest BCUT2D eigenvalue weighted by molar-refractivity contribution is 0.383. The fraction of sp³-hybridized carbons (Fsp3) is 1.00. The van der Waals surface area contributed by atoms with E-state index >= 15 is 0 Å². The third kappa shape index (κ3) is 4.04. The van der Waals surface area contributed by atoms with Crippen LogP contribution in [0, 0.1) is 0 Å². The van der Waals surface area contributed by atoms with E-state index in [1.54, 1.807) is 0 Å². The quantitative estimate of drug-likeness (QED) is 0.526. The molecule has 0 aromatic heterocycles. The molecule has 73 valence electrons. The highest BCUT2D eigenvalue weighted by molar-refractivity contribution is 7.05. The topological polar surface area (TPSA) is 12.5 Å². The summed E-state index contributed by atoms with van der Waals surface area (Å²) < 4.78 is 8.21. The first-order valence-electron chi connectivity index (χ1n) is 4.37. The van der Waals surface area contributed by atoms with Crippen LogP contribution in [-0.4, -0.2) is 34.5 Å². The molecule has 0 atom stereocenters. The van der Waals surface area contributed by atoms with Crippen LogP contribution in [0.1, 0.15) is 13.8 Å². The SMILES string of the molecule is CCN(CC)[Si](C)(C)O[Si](C)Cl. The first kappa shape index (κ1) is 12.6. The van der Waals surface area contributed by atoms with E-state index in [0.717, 1.165) is 13.1 Å². The van der Waals surface area contributed by atoms with E-state index in [0.29, 0.717) is 0 Å². The molecular formula is C7H19ClNOSi2. The minimum absolute atomic E-state index is 1.06. The molecular weight excluding hydrogens is 206 g/mol. The smallest absolute Gasteiger partial charge is 0.310 e. The van der Waals surface area contributed by atoms with Gasteiger partial charge >= 0.3 is 8.35 Å². The molecule has 0 bridgehead atoms. The summed E-state index contributed by atoms with van der Waals surface area (Å²) in [4.78, 5) is 0. The molecule has 0 saturated carbocycles. The van der Waals surface area contributed by atoms with E-state index in [2.05, 4.69) is 31.5 Å². The highest BCUT2D eigenvalue weighted by Gasteiger charge is 2.30. The first-order valence-corrected chi connectivity index (χ1v) is 10.1. The van der Waals surface area contributed by atoms with E-state index in [-0.39, 0.29) is 0 Å². The van der Waals surface area contributed by atoms with E-state index in [9.17, 15) is 0 Å². The van der Waals surface area contributed by atoms with Gasteiger partial charge < -0.3 is 8.68 Å². The molecule has 0 N–H and O–H groups in total. The molecule has 0 heterocycles. The van der Waals surface area contributed by atoms with Gasteiger partial charge in [-0.1, -0.05) is 13.8 Å². The maximum absolute atomic E-state index is 5.91. The summed E-state index contributed by atoms with van der Waals surface area (Å²) >= 11 is 5.91. The number of hydrogen-bond acceptors (Lipinski definition) is 2. The lowest BCUT2D eigenvalue weighted by atomic mass is 10.7. The monoisotopic (exact) mass is 224 g/mol. The van der Waals surface area contributed by atoms with Crippen LogP contribution in [-0.2, 0) is 4.12 Å². The Morgan fingerprint density at radius 3 is 2.00 bits per heavy atom. The van der Waals surface area contributed by atoms with Gasteiger partial charge in [0.25, 0.3) is 8.48 Å². The summed E-state index contributed by atoms with van der Waals surface area (Å²) in [6.07, 6.45) is 0. The molecule has 0 aliphatic heterocycles. The molecule has 0 aromatic carbocycles. The Morgan fingerprint density at radius 2 is 1.75 bits per heavy atom. The number of rotatable bonds is 5. The van der Waals surface area contributed by atoms with Gasteiger partial charge in [-0.05, 0) is 32.7 Å². The van der Waals surface area contributed by atoms with Gasteiger partial charge in [-0.25, -0.2) is 0 Å². The van der Waals surface area contributed by atoms with Crippen molar-refractivity contribution >= 4 is 27.9 Å². The Kier molecular flexibility index (Phi) is 5.68. The Bertz CT molecular complexity index is 129. The van der Waals surface area contributed by atoms with Crippen LogP contribution in [0.4, 0.5) is 0 Å². The van der Waals surface area contributed by atoms with Crippen molar-refractivity contribution < 1.29 is 4.12 Å². The third-order valence-electron chi connectivity index (χ3n) is 1.92. The second-order valence-electron chi connectivity index (χ2n) is 3.19. The highest BCUT2D eigenvalue weighted by atomic mass is 35.6. The molecule has 0 saturated heterocycles. The average molecular weight is 225 g/mol. The van der Waals surface area contributed by atoms with Gasteiger partial charge in [0.15, 0.2) is 0 Å². The predicted molar refractivity (Wildman–Crippen MR) is 59.0 cm³/mol. The van der Waals surface area contributed by atoms with Crippen LogP contribution in [0.25, 0.3) is 0 Å². The van der Waals surface area contributed by atoms with Gasteiger partial charge in [-0.2, -0.15) is 0 Å². The van der Waals surface area contributed by atoms with Gasteiger partial charge in [0.2, 0.25) is 0 Å². The summed E-state index contributed by atoms with van der Waals surface area (Å²) in [5.41, 5.74) is 0. The second-order valence-corrected chi connectivity index (χ2v) is 10.1. The minimum Gasteiger partial charge on any atom is -0.433 e. The van der Waals surface area contributed by atoms with E-state index in [1.807, 2.05) is 6.55 Å². The molecule has 0 rings (SSSR count). The average Bonchev–Trinajstić information content (AvgIpc) is 1.85. The number of hydrogen-bond donors (Lipinski definition) is 0. The first-order chi connectivity index (χ1) is 5.44. The molecule has 1 radical (unpaired) electrons. The van der Waals surface area contributed by atoms with Crippen molar-refractivity contribution in [3.8, 4) is 0 Å². The fourth-order valence-electron chi connectivity index (χ4n) is 1.39. The zero-order chi connectivity index (χ0) is 9.78. The second kappa shape index (κ2) is 5.39. The fourth-order valence-corrected chi connectivity index (χ4v) is 7.89. The molecule has 0 aromatic rings. The number of halogens is 1. The molecule has 0 unspecified atom stereocenters. The molecule has 0 spiro atoms. The lowest BCUT2D eigenvalue weighted by Crippen LogP contribution is -2.52. The van der Waals surface area contributed by atoms with Crippen LogP contribution < -0.4 is 0 Å². The van der Waals surface area contributed by atoms with Crippen LogP contribution in [0.3, 0.4) is 0 Å². The Labute approximate surface area is 83.5 Å². The van der Waals surface area contributed by atoms with Crippen LogP contribution in [0.5, 0.6) is 0 Å². The molecule has 0 fully saturated rings. The van der Waals surface area contributed by atoms with Crippen molar-refractivity contribution in [2.24, 2.45) is 0 Å². The lowest BCUT2D eigenvalue weighted by Gasteiger charge is -2.35. The van der Waals surface area contributed by atoms with Crippen LogP contribution >= 0.6 is 11.1 Å². The summed E-state index contributed by atoms with van der Waals surface area (Å²) in [5.74, 6) is 0. The zero-order valence-electron chi connectivity index (χ0n) is 8.65. The standard InChI is InChI=1S/C7H19ClNOSi2/c1-6-9(7-2)12(4,5)10-11(3)8/h6-7H2,1-5H3. The third-order valence-corrected chi connectivity index (χ3v) is 7.89. The van der Waals surface area contributed by atoms with Crippen molar-refractivity contribution in [2.75, 3.05) is 13.1 Å². The molecule has 2 nitrogen and oxygen atoms in total. The van der Waals surface area contributed by atoms with Crippen molar-refractivity contribution in [1.29, 1.82) is 0 Å². The van der Waals surface area contributed by atoms with Crippen molar-refractivity contribution in [2.45, 2.75) is 33.5 Å². The molecule has 5 heteroatoms. The van der Waals surface area contributed by atoms with E-state index < -0.39 is 16.8 Å². The number of nitrogens with zero attached hydrogens (tertiary/aromatic N) is 1. The summed E-state index contributed by atoms with van der Waals surface area (Å²) in [5, 5.41) is 0. The highest BCUT2D eigenvalue weighted by Crippen LogP contribution is 2.13. The Hall–Kier alpha value is 0.644. The summed E-state index contributed by atoms with van der Waals surface area (Å²) in [6.45, 7) is 12.8. The van der Waals surface area contributed by atoms with Crippen molar-refractivity contribution in [3.05, 3.63) is 0 Å². The molecule has 12 heavy (non-hydrogen) atoms. The largest absolute Gasteiger partial charge is 0.433 e. The summed E-state index contributed by atoms with van der Waals surface area (Å²) in [6, 6.07) is 0. The Morgan fingerprint density at radius 1 is 1.33 bits per heavy atom. The van der Waals surface area contributed by atoms with Crippen LogP contribution in [0.2, 0.25) is 19.6 Å². The van der Waals surface area contributed by atoms with Gasteiger partial charge in [-0.15, -0.1) is 11.1 Å². The normalized spacial score (nSPS) is 13.0. The maximum atomic E-state index is 5.91. The minimum atomic E-state index is -1.65.